The SMILES string of the molecule is NCC(F)(F)CNc1cc(C(F)(F)F)ccn1. The maximum absolute atomic E-state index is 12.7. The van der Waals surface area contributed by atoms with Crippen LogP contribution in [0, 0.1) is 0 Å². The highest BCUT2D eigenvalue weighted by Gasteiger charge is 2.31. The highest BCUT2D eigenvalue weighted by atomic mass is 19.4. The van der Waals surface area contributed by atoms with E-state index >= 15 is 0 Å². The van der Waals surface area contributed by atoms with Crippen LogP contribution in [-0.2, 0) is 6.18 Å². The standard InChI is InChI=1S/C9H10F5N3/c10-8(11,4-15)5-17-7-3-6(1-2-16-7)9(12,13)14/h1-3H,4-5,15H2,(H,16,17). The van der Waals surface area contributed by atoms with Crippen LogP contribution in [-0.4, -0.2) is 24.0 Å². The Morgan fingerprint density at radius 2 is 1.88 bits per heavy atom. The highest BCUT2D eigenvalue weighted by molar-refractivity contribution is 5.38. The number of alkyl halides is 5. The molecule has 0 aliphatic rings. The Kier molecular flexibility index (Phi) is 3.87. The van der Waals surface area contributed by atoms with Gasteiger partial charge in [-0.3, -0.25) is 0 Å². The first-order chi connectivity index (χ1) is 7.74. The molecule has 0 amide bonds. The van der Waals surface area contributed by atoms with Crippen molar-refractivity contribution in [1.29, 1.82) is 0 Å². The number of nitrogens with zero attached hydrogens (tertiary/aromatic N) is 1. The Labute approximate surface area is 93.8 Å². The quantitative estimate of drug-likeness (QED) is 0.810. The predicted octanol–water partition coefficient (Wildman–Crippen LogP) is 2.11. The van der Waals surface area contributed by atoms with Crippen molar-refractivity contribution in [2.45, 2.75) is 12.1 Å². The van der Waals surface area contributed by atoms with E-state index in [1.807, 2.05) is 0 Å². The van der Waals surface area contributed by atoms with Crippen molar-refractivity contribution in [3.05, 3.63) is 23.9 Å². The molecule has 1 rings (SSSR count). The number of halogens is 5. The van der Waals surface area contributed by atoms with Gasteiger partial charge in [0.2, 0.25) is 0 Å². The Bertz CT molecular complexity index is 377. The van der Waals surface area contributed by atoms with E-state index in [0.717, 1.165) is 12.3 Å². The van der Waals surface area contributed by atoms with Crippen LogP contribution in [0.15, 0.2) is 18.3 Å². The molecule has 8 heteroatoms. The number of nitrogens with one attached hydrogen (secondary N) is 1. The molecule has 0 unspecified atom stereocenters. The highest BCUT2D eigenvalue weighted by Crippen LogP contribution is 2.30. The van der Waals surface area contributed by atoms with E-state index < -0.39 is 30.8 Å². The number of anilines is 1. The summed E-state index contributed by atoms with van der Waals surface area (Å²) >= 11 is 0. The van der Waals surface area contributed by atoms with Gasteiger partial charge in [-0.05, 0) is 12.1 Å². The zero-order chi connectivity index (χ0) is 13.1. The molecule has 3 nitrogen and oxygen atoms in total. The molecule has 1 aromatic heterocycles. The van der Waals surface area contributed by atoms with Gasteiger partial charge in [0, 0.05) is 6.20 Å². The van der Waals surface area contributed by atoms with E-state index in [1.165, 1.54) is 0 Å². The van der Waals surface area contributed by atoms with Gasteiger partial charge in [-0.15, -0.1) is 0 Å². The normalized spacial score (nSPS) is 12.6. The van der Waals surface area contributed by atoms with Crippen LogP contribution in [0.5, 0.6) is 0 Å². The Morgan fingerprint density at radius 1 is 1.24 bits per heavy atom. The summed E-state index contributed by atoms with van der Waals surface area (Å²) in [4.78, 5) is 3.51. The zero-order valence-electron chi connectivity index (χ0n) is 8.56. The van der Waals surface area contributed by atoms with E-state index in [0.29, 0.717) is 6.07 Å². The largest absolute Gasteiger partial charge is 0.416 e. The van der Waals surface area contributed by atoms with Gasteiger partial charge in [0.25, 0.3) is 5.92 Å². The molecule has 1 aromatic rings. The number of pyridine rings is 1. The first kappa shape index (κ1) is 13.6. The third kappa shape index (κ3) is 4.14. The Morgan fingerprint density at radius 3 is 2.41 bits per heavy atom. The van der Waals surface area contributed by atoms with Crippen molar-refractivity contribution in [3.63, 3.8) is 0 Å². The van der Waals surface area contributed by atoms with Crippen LogP contribution in [0.3, 0.4) is 0 Å². The summed E-state index contributed by atoms with van der Waals surface area (Å²) < 4.78 is 62.3. The van der Waals surface area contributed by atoms with Gasteiger partial charge in [-0.2, -0.15) is 13.2 Å². The third-order valence-electron chi connectivity index (χ3n) is 1.91. The molecule has 0 saturated heterocycles. The lowest BCUT2D eigenvalue weighted by molar-refractivity contribution is -0.137. The van der Waals surface area contributed by atoms with Gasteiger partial charge in [-0.25, -0.2) is 13.8 Å². The van der Waals surface area contributed by atoms with Crippen molar-refractivity contribution < 1.29 is 22.0 Å². The molecule has 0 radical (unpaired) electrons. The Balaban J connectivity index is 2.74. The second-order valence-corrected chi connectivity index (χ2v) is 3.34. The number of hydrogen-bond donors (Lipinski definition) is 2. The van der Waals surface area contributed by atoms with Crippen molar-refractivity contribution in [2.24, 2.45) is 5.73 Å². The van der Waals surface area contributed by atoms with Crippen molar-refractivity contribution in [1.82, 2.24) is 4.98 Å². The van der Waals surface area contributed by atoms with E-state index in [-0.39, 0.29) is 5.82 Å². The van der Waals surface area contributed by atoms with Crippen molar-refractivity contribution in [3.8, 4) is 0 Å². The molecule has 17 heavy (non-hydrogen) atoms. The maximum atomic E-state index is 12.7. The molecule has 0 spiro atoms. The number of hydrogen-bond acceptors (Lipinski definition) is 3. The fourth-order valence-electron chi connectivity index (χ4n) is 0.996. The van der Waals surface area contributed by atoms with Gasteiger partial charge in [0.05, 0.1) is 18.7 Å². The molecular weight excluding hydrogens is 245 g/mol. The average molecular weight is 255 g/mol. The molecule has 0 atom stereocenters. The number of rotatable bonds is 4. The second-order valence-electron chi connectivity index (χ2n) is 3.34. The monoisotopic (exact) mass is 255 g/mol. The topological polar surface area (TPSA) is 50.9 Å². The summed E-state index contributed by atoms with van der Waals surface area (Å²) in [7, 11) is 0. The lowest BCUT2D eigenvalue weighted by atomic mass is 10.2. The van der Waals surface area contributed by atoms with E-state index in [1.54, 1.807) is 0 Å². The molecule has 3 N–H and O–H groups in total. The van der Waals surface area contributed by atoms with Crippen LogP contribution in [0.4, 0.5) is 27.8 Å². The van der Waals surface area contributed by atoms with E-state index in [2.05, 4.69) is 10.3 Å². The molecule has 0 bridgehead atoms. The van der Waals surface area contributed by atoms with Gasteiger partial charge in [0.15, 0.2) is 0 Å². The summed E-state index contributed by atoms with van der Waals surface area (Å²) in [5.74, 6) is -3.46. The molecule has 0 fully saturated rings. The first-order valence-electron chi connectivity index (χ1n) is 4.59. The van der Waals surface area contributed by atoms with Crippen LogP contribution in [0.25, 0.3) is 0 Å². The van der Waals surface area contributed by atoms with Gasteiger partial charge in [0.1, 0.15) is 5.82 Å². The molecular formula is C9H10F5N3. The molecule has 0 saturated carbocycles. The number of aromatic nitrogens is 1. The first-order valence-corrected chi connectivity index (χ1v) is 4.59. The molecule has 0 aromatic carbocycles. The smallest absolute Gasteiger partial charge is 0.364 e. The summed E-state index contributed by atoms with van der Waals surface area (Å²) in [6, 6.07) is 1.42. The van der Waals surface area contributed by atoms with Crippen molar-refractivity contribution in [2.75, 3.05) is 18.4 Å². The number of nitrogens with two attached hydrogens (primary N) is 1. The molecule has 1 heterocycles. The van der Waals surface area contributed by atoms with Crippen LogP contribution in [0.2, 0.25) is 0 Å². The fourth-order valence-corrected chi connectivity index (χ4v) is 0.996. The van der Waals surface area contributed by atoms with Gasteiger partial charge in [-0.1, -0.05) is 0 Å². The fraction of sp³-hybridized carbons (Fsp3) is 0.444. The average Bonchev–Trinajstić information content (AvgIpc) is 2.26. The van der Waals surface area contributed by atoms with E-state index in [9.17, 15) is 22.0 Å². The van der Waals surface area contributed by atoms with Crippen LogP contribution < -0.4 is 11.1 Å². The van der Waals surface area contributed by atoms with Crippen LogP contribution in [0.1, 0.15) is 5.56 Å². The molecule has 0 aliphatic carbocycles. The summed E-state index contributed by atoms with van der Waals surface area (Å²) in [6.45, 7) is -1.75. The van der Waals surface area contributed by atoms with E-state index in [4.69, 9.17) is 5.73 Å². The minimum absolute atomic E-state index is 0.270. The zero-order valence-corrected chi connectivity index (χ0v) is 8.56. The van der Waals surface area contributed by atoms with Crippen LogP contribution >= 0.6 is 0 Å². The molecule has 96 valence electrons. The summed E-state index contributed by atoms with van der Waals surface area (Å²) in [5.41, 5.74) is 3.83. The van der Waals surface area contributed by atoms with Crippen molar-refractivity contribution >= 4 is 5.82 Å². The lowest BCUT2D eigenvalue weighted by Gasteiger charge is -2.15. The van der Waals surface area contributed by atoms with Gasteiger partial charge < -0.3 is 11.1 Å². The predicted molar refractivity (Wildman–Crippen MR) is 51.7 cm³/mol. The third-order valence-corrected chi connectivity index (χ3v) is 1.91. The summed E-state index contributed by atoms with van der Waals surface area (Å²) in [5, 5.41) is 2.11. The lowest BCUT2D eigenvalue weighted by Crippen LogP contribution is -2.35. The minimum atomic E-state index is -4.53. The summed E-state index contributed by atoms with van der Waals surface area (Å²) in [6.07, 6.45) is -3.64. The molecule has 0 aliphatic heterocycles. The second kappa shape index (κ2) is 4.82. The van der Waals surface area contributed by atoms with Gasteiger partial charge >= 0.3 is 6.18 Å². The Hall–Kier alpha value is -1.44. The minimum Gasteiger partial charge on any atom is -0.364 e. The maximum Gasteiger partial charge on any atom is 0.416 e.